The highest BCUT2D eigenvalue weighted by atomic mass is 16.8. The molecule has 0 spiro atoms. The molecular weight excluding hydrogens is 354 g/mol. The van der Waals surface area contributed by atoms with Gasteiger partial charge in [-0.3, -0.25) is 0 Å². The van der Waals surface area contributed by atoms with Gasteiger partial charge in [0.2, 0.25) is 6.79 Å². The van der Waals surface area contributed by atoms with Crippen molar-refractivity contribution in [3.05, 3.63) is 29.3 Å². The Bertz CT molecular complexity index is 702. The highest BCUT2D eigenvalue weighted by Gasteiger charge is 2.51. The summed E-state index contributed by atoms with van der Waals surface area (Å²) < 4.78 is 16.1. The van der Waals surface area contributed by atoms with Crippen molar-refractivity contribution in [3.63, 3.8) is 0 Å². The molecule has 1 saturated heterocycles. The third-order valence-corrected chi connectivity index (χ3v) is 7.01. The van der Waals surface area contributed by atoms with Gasteiger partial charge in [0.15, 0.2) is 0 Å². The van der Waals surface area contributed by atoms with Crippen molar-refractivity contribution in [2.45, 2.75) is 82.8 Å². The van der Waals surface area contributed by atoms with Gasteiger partial charge < -0.3 is 19.5 Å². The smallest absolute Gasteiger partial charge is 0.457 e. The minimum absolute atomic E-state index is 0.114. The molecular formula is C23H33NO4. The Labute approximate surface area is 168 Å². The highest BCUT2D eigenvalue weighted by molar-refractivity contribution is 5.60. The van der Waals surface area contributed by atoms with Crippen LogP contribution in [-0.4, -0.2) is 31.6 Å². The van der Waals surface area contributed by atoms with E-state index >= 15 is 0 Å². The van der Waals surface area contributed by atoms with E-state index in [0.717, 1.165) is 37.5 Å². The number of hydrogen-bond acceptors (Lipinski definition) is 5. The van der Waals surface area contributed by atoms with E-state index in [2.05, 4.69) is 24.4 Å². The molecule has 154 valence electrons. The van der Waals surface area contributed by atoms with Crippen molar-refractivity contribution < 1.29 is 19.0 Å². The normalized spacial score (nSPS) is 29.2. The van der Waals surface area contributed by atoms with Crippen LogP contribution in [0.4, 0.5) is 4.79 Å². The molecule has 5 nitrogen and oxygen atoms in total. The van der Waals surface area contributed by atoms with Crippen LogP contribution in [-0.2, 0) is 21.3 Å². The first kappa shape index (κ1) is 19.6. The number of ether oxygens (including phenoxy) is 3. The maximum atomic E-state index is 11.7. The van der Waals surface area contributed by atoms with Gasteiger partial charge in [-0.15, -0.1) is 0 Å². The first-order chi connectivity index (χ1) is 13.6. The lowest BCUT2D eigenvalue weighted by Crippen LogP contribution is -2.59. The molecule has 1 unspecified atom stereocenters. The molecule has 2 aliphatic carbocycles. The monoisotopic (exact) mass is 387 g/mol. The summed E-state index contributed by atoms with van der Waals surface area (Å²) in [6, 6.07) is 7.04. The van der Waals surface area contributed by atoms with Crippen LogP contribution in [0.25, 0.3) is 0 Å². The van der Waals surface area contributed by atoms with Crippen molar-refractivity contribution in [2.24, 2.45) is 5.92 Å². The molecule has 2 bridgehead atoms. The van der Waals surface area contributed by atoms with Gasteiger partial charge in [-0.25, -0.2) is 4.79 Å². The maximum absolute atomic E-state index is 11.7. The molecule has 3 aliphatic rings. The molecule has 1 aromatic carbocycles. The minimum Gasteiger partial charge on any atom is -0.457 e. The number of rotatable bonds is 6. The maximum Gasteiger partial charge on any atom is 0.511 e. The minimum atomic E-state index is -0.661. The zero-order valence-corrected chi connectivity index (χ0v) is 17.2. The molecule has 1 N–H and O–H groups in total. The Morgan fingerprint density at radius 3 is 3.07 bits per heavy atom. The number of benzene rings is 1. The van der Waals surface area contributed by atoms with Crippen LogP contribution in [0.5, 0.6) is 5.75 Å². The largest absolute Gasteiger partial charge is 0.511 e. The fraction of sp³-hybridized carbons (Fsp3) is 0.696. The molecule has 1 aromatic rings. The Morgan fingerprint density at radius 2 is 2.21 bits per heavy atom. The van der Waals surface area contributed by atoms with E-state index in [-0.39, 0.29) is 12.9 Å². The molecule has 2 fully saturated rings. The third-order valence-electron chi connectivity index (χ3n) is 7.01. The van der Waals surface area contributed by atoms with Crippen molar-refractivity contribution in [1.29, 1.82) is 0 Å². The van der Waals surface area contributed by atoms with E-state index in [4.69, 9.17) is 14.2 Å². The van der Waals surface area contributed by atoms with Crippen LogP contribution in [0.3, 0.4) is 0 Å². The Morgan fingerprint density at radius 1 is 1.32 bits per heavy atom. The average Bonchev–Trinajstić information content (AvgIpc) is 2.68. The molecule has 0 aromatic heterocycles. The predicted molar refractivity (Wildman–Crippen MR) is 108 cm³/mol. The number of fused-ring (bicyclic) bond motifs is 1. The van der Waals surface area contributed by atoms with Crippen LogP contribution < -0.4 is 10.1 Å². The van der Waals surface area contributed by atoms with Crippen LogP contribution in [0.15, 0.2) is 18.2 Å². The molecule has 4 atom stereocenters. The first-order valence-corrected chi connectivity index (χ1v) is 11.0. The summed E-state index contributed by atoms with van der Waals surface area (Å²) in [4.78, 5) is 11.7. The van der Waals surface area contributed by atoms with E-state index in [1.807, 2.05) is 13.0 Å². The number of hydrogen-bond donors (Lipinski definition) is 1. The SMILES string of the molecule is CCCC(C)OC(=O)OCOc1ccc2c(c1)[C@@]13CCCC[C@H]1[C@@H](C2)NCC3. The first-order valence-electron chi connectivity index (χ1n) is 11.0. The molecule has 1 heterocycles. The van der Waals surface area contributed by atoms with Crippen molar-refractivity contribution in [3.8, 4) is 5.75 Å². The zero-order chi connectivity index (χ0) is 19.6. The van der Waals surface area contributed by atoms with Gasteiger partial charge in [-0.2, -0.15) is 0 Å². The van der Waals surface area contributed by atoms with Gasteiger partial charge in [0.25, 0.3) is 0 Å². The van der Waals surface area contributed by atoms with Gasteiger partial charge in [0, 0.05) is 11.5 Å². The van der Waals surface area contributed by atoms with E-state index in [1.54, 1.807) is 0 Å². The topological polar surface area (TPSA) is 56.8 Å². The molecule has 4 rings (SSSR count). The quantitative estimate of drug-likeness (QED) is 0.566. The second-order valence-electron chi connectivity index (χ2n) is 8.72. The summed E-state index contributed by atoms with van der Waals surface area (Å²) in [5, 5.41) is 3.77. The van der Waals surface area contributed by atoms with E-state index in [0.29, 0.717) is 11.5 Å². The fourth-order valence-electron chi connectivity index (χ4n) is 5.80. The third kappa shape index (κ3) is 3.73. The molecule has 1 saturated carbocycles. The standard InChI is InChI=1S/C23H33NO4/c1-3-6-16(2)28-22(25)27-15-26-18-9-8-17-13-21-19-7-4-5-10-23(19,11-12-24-21)20(17)14-18/h8-9,14,16,19,21,24H,3-7,10-13,15H2,1-2H3/t16?,19-,21+,23+/m0/s1. The van der Waals surface area contributed by atoms with Crippen LogP contribution in [0.1, 0.15) is 69.9 Å². The van der Waals surface area contributed by atoms with E-state index in [1.165, 1.54) is 43.2 Å². The van der Waals surface area contributed by atoms with Crippen LogP contribution >= 0.6 is 0 Å². The average molecular weight is 388 g/mol. The van der Waals surface area contributed by atoms with Gasteiger partial charge in [0.1, 0.15) is 11.9 Å². The molecule has 0 radical (unpaired) electrons. The lowest BCUT2D eigenvalue weighted by molar-refractivity contribution is -0.0132. The summed E-state index contributed by atoms with van der Waals surface area (Å²) in [6.07, 6.45) is 8.61. The number of nitrogens with one attached hydrogen (secondary N) is 1. The Hall–Kier alpha value is -1.75. The lowest BCUT2D eigenvalue weighted by Gasteiger charge is -2.56. The molecule has 28 heavy (non-hydrogen) atoms. The number of piperidine rings is 1. The van der Waals surface area contributed by atoms with Crippen molar-refractivity contribution in [1.82, 2.24) is 5.32 Å². The number of carbonyl (C=O) groups excluding carboxylic acids is 1. The summed E-state index contributed by atoms with van der Waals surface area (Å²) in [5.74, 6) is 1.52. The van der Waals surface area contributed by atoms with Gasteiger partial charge >= 0.3 is 6.16 Å². The highest BCUT2D eigenvalue weighted by Crippen LogP contribution is 2.54. The number of carbonyl (C=O) groups is 1. The Balaban J connectivity index is 1.42. The van der Waals surface area contributed by atoms with E-state index in [9.17, 15) is 4.79 Å². The second-order valence-corrected chi connectivity index (χ2v) is 8.72. The summed E-state index contributed by atoms with van der Waals surface area (Å²) >= 11 is 0. The Kier molecular flexibility index (Phi) is 5.81. The van der Waals surface area contributed by atoms with Gasteiger partial charge in [0.05, 0.1) is 0 Å². The van der Waals surface area contributed by atoms with Gasteiger partial charge in [-0.05, 0) is 74.8 Å². The van der Waals surface area contributed by atoms with E-state index < -0.39 is 6.16 Å². The molecule has 0 amide bonds. The van der Waals surface area contributed by atoms with Crippen LogP contribution in [0.2, 0.25) is 0 Å². The molecule has 5 heteroatoms. The summed E-state index contributed by atoms with van der Waals surface area (Å²) in [6.45, 7) is 4.93. The van der Waals surface area contributed by atoms with Crippen molar-refractivity contribution >= 4 is 6.16 Å². The summed E-state index contributed by atoms with van der Waals surface area (Å²) in [7, 11) is 0. The lowest BCUT2D eigenvalue weighted by atomic mass is 9.53. The molecule has 1 aliphatic heterocycles. The van der Waals surface area contributed by atoms with Crippen LogP contribution in [0, 0.1) is 5.92 Å². The zero-order valence-electron chi connectivity index (χ0n) is 17.2. The predicted octanol–water partition coefficient (Wildman–Crippen LogP) is 4.71. The summed E-state index contributed by atoms with van der Waals surface area (Å²) in [5.41, 5.74) is 3.24. The second kappa shape index (κ2) is 8.32. The van der Waals surface area contributed by atoms with Gasteiger partial charge in [-0.1, -0.05) is 32.3 Å². The van der Waals surface area contributed by atoms with Crippen molar-refractivity contribution in [2.75, 3.05) is 13.3 Å². The fourth-order valence-corrected chi connectivity index (χ4v) is 5.80.